The first kappa shape index (κ1) is 16.6. The van der Waals surface area contributed by atoms with Crippen molar-refractivity contribution in [2.24, 2.45) is 12.8 Å². The normalized spacial score (nSPS) is 19.8. The number of aromatic nitrogens is 2. The largest absolute Gasteiger partial charge is 0.384 e. The van der Waals surface area contributed by atoms with Gasteiger partial charge in [0.05, 0.1) is 6.33 Å². The van der Waals surface area contributed by atoms with Crippen molar-refractivity contribution in [1.82, 2.24) is 13.9 Å². The number of sulfonamides is 1. The van der Waals surface area contributed by atoms with Gasteiger partial charge in [-0.15, -0.1) is 0 Å². The lowest BCUT2D eigenvalue weighted by molar-refractivity contribution is 0.248. The maximum absolute atomic E-state index is 12.8. The smallest absolute Gasteiger partial charge is 0.262 e. The van der Waals surface area contributed by atoms with E-state index in [0.29, 0.717) is 19.6 Å². The first-order chi connectivity index (χ1) is 11.9. The fraction of sp³-hybridized carbons (Fsp3) is 0.471. The molecule has 4 rings (SSSR count). The first-order valence-corrected chi connectivity index (χ1v) is 9.94. The van der Waals surface area contributed by atoms with E-state index >= 15 is 0 Å². The molecule has 0 unspecified atom stereocenters. The van der Waals surface area contributed by atoms with Crippen molar-refractivity contribution in [3.05, 3.63) is 41.9 Å². The zero-order valence-corrected chi connectivity index (χ0v) is 15.1. The number of nitrogens with two attached hydrogens (primary N) is 1. The third-order valence-electron chi connectivity index (χ3n) is 5.47. The Morgan fingerprint density at radius 1 is 1.32 bits per heavy atom. The summed E-state index contributed by atoms with van der Waals surface area (Å²) in [6, 6.07) is 6.31. The topological polar surface area (TPSA) is 93.2 Å². The minimum absolute atomic E-state index is 0.00332. The minimum atomic E-state index is -3.52. The zero-order valence-electron chi connectivity index (χ0n) is 14.3. The Morgan fingerprint density at radius 2 is 2.08 bits per heavy atom. The summed E-state index contributed by atoms with van der Waals surface area (Å²) in [6.07, 6.45) is 4.67. The van der Waals surface area contributed by atoms with E-state index < -0.39 is 10.0 Å². The van der Waals surface area contributed by atoms with E-state index in [2.05, 4.69) is 22.4 Å². The van der Waals surface area contributed by atoms with Crippen LogP contribution in [0.2, 0.25) is 0 Å². The molecule has 1 fully saturated rings. The summed E-state index contributed by atoms with van der Waals surface area (Å²) in [7, 11) is -1.75. The van der Waals surface area contributed by atoms with Crippen LogP contribution in [0.25, 0.3) is 0 Å². The molecule has 25 heavy (non-hydrogen) atoms. The van der Waals surface area contributed by atoms with Crippen LogP contribution in [0, 0.1) is 0 Å². The molecule has 2 aromatic rings. The van der Waals surface area contributed by atoms with Gasteiger partial charge in [-0.3, -0.25) is 0 Å². The van der Waals surface area contributed by atoms with Crippen LogP contribution in [0.5, 0.6) is 0 Å². The van der Waals surface area contributed by atoms with E-state index in [9.17, 15) is 8.42 Å². The van der Waals surface area contributed by atoms with Gasteiger partial charge < -0.3 is 15.6 Å². The van der Waals surface area contributed by atoms with Crippen molar-refractivity contribution >= 4 is 15.7 Å². The van der Waals surface area contributed by atoms with Crippen LogP contribution in [-0.4, -0.2) is 41.9 Å². The number of piperidine rings is 1. The second-order valence-electron chi connectivity index (χ2n) is 7.00. The molecule has 1 aromatic carbocycles. The van der Waals surface area contributed by atoms with E-state index in [4.69, 9.17) is 5.73 Å². The lowest BCUT2D eigenvalue weighted by Crippen LogP contribution is -2.46. The average molecular weight is 361 g/mol. The molecule has 0 bridgehead atoms. The van der Waals surface area contributed by atoms with Crippen molar-refractivity contribution in [2.45, 2.75) is 29.8 Å². The van der Waals surface area contributed by atoms with Crippen molar-refractivity contribution < 1.29 is 8.42 Å². The molecule has 0 aliphatic carbocycles. The van der Waals surface area contributed by atoms with Gasteiger partial charge in [0.25, 0.3) is 10.0 Å². The molecule has 0 atom stereocenters. The van der Waals surface area contributed by atoms with Gasteiger partial charge in [0.1, 0.15) is 0 Å². The summed E-state index contributed by atoms with van der Waals surface area (Å²) >= 11 is 0. The molecule has 2 aliphatic heterocycles. The summed E-state index contributed by atoms with van der Waals surface area (Å²) in [5.74, 6) is 0. The van der Waals surface area contributed by atoms with E-state index in [1.165, 1.54) is 11.9 Å². The van der Waals surface area contributed by atoms with Gasteiger partial charge in [0.2, 0.25) is 0 Å². The Morgan fingerprint density at radius 3 is 2.72 bits per heavy atom. The van der Waals surface area contributed by atoms with Gasteiger partial charge in [-0.25, -0.2) is 13.4 Å². The highest BCUT2D eigenvalue weighted by atomic mass is 32.2. The molecule has 3 N–H and O–H groups in total. The Labute approximate surface area is 147 Å². The Kier molecular flexibility index (Phi) is 3.86. The molecule has 0 saturated carbocycles. The van der Waals surface area contributed by atoms with Gasteiger partial charge in [-0.1, -0.05) is 12.1 Å². The molecule has 2 aliphatic rings. The fourth-order valence-electron chi connectivity index (χ4n) is 3.93. The lowest BCUT2D eigenvalue weighted by Gasteiger charge is -2.38. The van der Waals surface area contributed by atoms with Gasteiger partial charge in [0, 0.05) is 50.5 Å². The highest BCUT2D eigenvalue weighted by Gasteiger charge is 2.44. The monoisotopic (exact) mass is 361 g/mol. The summed E-state index contributed by atoms with van der Waals surface area (Å²) in [4.78, 5) is 4.02. The van der Waals surface area contributed by atoms with Crippen LogP contribution >= 0.6 is 0 Å². The van der Waals surface area contributed by atoms with Gasteiger partial charge in [-0.2, -0.15) is 4.31 Å². The number of fused-ring (bicyclic) bond motifs is 2. The number of nitrogens with zero attached hydrogens (tertiary/aromatic N) is 3. The van der Waals surface area contributed by atoms with Gasteiger partial charge in [0.15, 0.2) is 5.03 Å². The number of anilines is 1. The predicted molar refractivity (Wildman–Crippen MR) is 95.7 cm³/mol. The number of aryl methyl sites for hydroxylation is 1. The number of rotatable bonds is 3. The van der Waals surface area contributed by atoms with Crippen molar-refractivity contribution in [3.8, 4) is 0 Å². The average Bonchev–Trinajstić information content (AvgIpc) is 3.20. The molecule has 0 radical (unpaired) electrons. The van der Waals surface area contributed by atoms with Crippen LogP contribution in [0.4, 0.5) is 5.69 Å². The summed E-state index contributed by atoms with van der Waals surface area (Å²) < 4.78 is 28.8. The van der Waals surface area contributed by atoms with Crippen molar-refractivity contribution in [2.75, 3.05) is 25.0 Å². The van der Waals surface area contributed by atoms with Crippen LogP contribution in [-0.2, 0) is 29.0 Å². The minimum Gasteiger partial charge on any atom is -0.384 e. The standard InChI is InChI=1S/C17H23N5O2S/c1-21-10-16(20-12-21)25(23,24)22-6-4-17(5-7-22)11-19-15-3-2-13(9-18)8-14(15)17/h2-3,8,10,12,19H,4-7,9,11,18H2,1H3. The molecule has 0 amide bonds. The van der Waals surface area contributed by atoms with Crippen molar-refractivity contribution in [1.29, 1.82) is 0 Å². The van der Waals surface area contributed by atoms with Gasteiger partial charge >= 0.3 is 0 Å². The molecule has 1 spiro atoms. The van der Waals surface area contributed by atoms with Crippen LogP contribution in [0.15, 0.2) is 35.7 Å². The molecule has 1 saturated heterocycles. The van der Waals surface area contributed by atoms with E-state index in [1.807, 2.05) is 6.07 Å². The molecular formula is C17H23N5O2S. The van der Waals surface area contributed by atoms with E-state index in [0.717, 1.165) is 30.6 Å². The lowest BCUT2D eigenvalue weighted by atomic mass is 9.74. The maximum Gasteiger partial charge on any atom is 0.262 e. The molecule has 8 heteroatoms. The highest BCUT2D eigenvalue weighted by molar-refractivity contribution is 7.89. The molecule has 7 nitrogen and oxygen atoms in total. The fourth-order valence-corrected chi connectivity index (χ4v) is 5.33. The number of hydrogen-bond donors (Lipinski definition) is 2. The maximum atomic E-state index is 12.8. The number of benzene rings is 1. The third-order valence-corrected chi connectivity index (χ3v) is 7.26. The molecule has 1 aromatic heterocycles. The molecule has 134 valence electrons. The summed E-state index contributed by atoms with van der Waals surface area (Å²) in [6.45, 7) is 2.39. The van der Waals surface area contributed by atoms with Crippen LogP contribution in [0.3, 0.4) is 0 Å². The SMILES string of the molecule is Cn1cnc(S(=O)(=O)N2CCC3(CC2)CNc2ccc(CN)cc23)c1. The molecule has 3 heterocycles. The Balaban J connectivity index is 1.57. The Hall–Kier alpha value is -1.90. The second-order valence-corrected chi connectivity index (χ2v) is 8.88. The summed E-state index contributed by atoms with van der Waals surface area (Å²) in [5, 5.41) is 3.60. The Bertz CT molecular complexity index is 898. The quantitative estimate of drug-likeness (QED) is 0.852. The van der Waals surface area contributed by atoms with Crippen LogP contribution in [0.1, 0.15) is 24.0 Å². The first-order valence-electron chi connectivity index (χ1n) is 8.50. The molecular weight excluding hydrogens is 338 g/mol. The number of imidazole rings is 1. The third kappa shape index (κ3) is 2.65. The van der Waals surface area contributed by atoms with Crippen LogP contribution < -0.4 is 11.1 Å². The summed E-state index contributed by atoms with van der Waals surface area (Å²) in [5.41, 5.74) is 9.34. The zero-order chi connectivity index (χ0) is 17.7. The predicted octanol–water partition coefficient (Wildman–Crippen LogP) is 1.03. The number of hydrogen-bond acceptors (Lipinski definition) is 5. The van der Waals surface area contributed by atoms with E-state index in [-0.39, 0.29) is 10.4 Å². The highest BCUT2D eigenvalue weighted by Crippen LogP contribution is 2.44. The van der Waals surface area contributed by atoms with Crippen molar-refractivity contribution in [3.63, 3.8) is 0 Å². The van der Waals surface area contributed by atoms with Gasteiger partial charge in [-0.05, 0) is 30.0 Å². The second kappa shape index (κ2) is 5.82. The number of nitrogens with one attached hydrogen (secondary N) is 1. The van der Waals surface area contributed by atoms with E-state index in [1.54, 1.807) is 22.1 Å².